The fourth-order valence-corrected chi connectivity index (χ4v) is 4.42. The van der Waals surface area contributed by atoms with Crippen LogP contribution >= 0.6 is 0 Å². The molecular weight excluding hydrogens is 414 g/mol. The first-order valence-corrected chi connectivity index (χ1v) is 11.3. The van der Waals surface area contributed by atoms with Crippen molar-refractivity contribution in [1.29, 1.82) is 0 Å². The van der Waals surface area contributed by atoms with Gasteiger partial charge >= 0.3 is 0 Å². The number of ether oxygens (including phenoxy) is 1. The van der Waals surface area contributed by atoms with E-state index in [4.69, 9.17) is 4.74 Å². The van der Waals surface area contributed by atoms with Gasteiger partial charge < -0.3 is 15.0 Å². The van der Waals surface area contributed by atoms with Crippen molar-refractivity contribution < 1.29 is 14.3 Å². The molecule has 1 amide bonds. The average molecular weight is 442 g/mol. The molecule has 1 heterocycles. The van der Waals surface area contributed by atoms with Crippen molar-refractivity contribution >= 4 is 17.4 Å². The number of para-hydroxylation sites is 2. The number of anilines is 1. The Bertz CT molecular complexity index is 1200. The molecule has 33 heavy (non-hydrogen) atoms. The summed E-state index contributed by atoms with van der Waals surface area (Å²) in [5.41, 5.74) is 4.12. The van der Waals surface area contributed by atoms with Crippen molar-refractivity contribution in [1.82, 2.24) is 9.80 Å². The minimum Gasteiger partial charge on any atom is -0.490 e. The summed E-state index contributed by atoms with van der Waals surface area (Å²) in [5, 5.41) is 2.95. The molecule has 0 radical (unpaired) electrons. The van der Waals surface area contributed by atoms with Crippen LogP contribution in [0.1, 0.15) is 26.3 Å². The fraction of sp³-hybridized carbons (Fsp3) is 0.259. The maximum absolute atomic E-state index is 13.0. The highest BCUT2D eigenvalue weighted by Crippen LogP contribution is 2.37. The third-order valence-corrected chi connectivity index (χ3v) is 6.38. The number of hydrogen-bond acceptors (Lipinski definition) is 5. The van der Waals surface area contributed by atoms with Crippen LogP contribution in [0.25, 0.3) is 11.1 Å². The summed E-state index contributed by atoms with van der Waals surface area (Å²) in [5.74, 6) is 0.337. The molecule has 1 fully saturated rings. The Balaban J connectivity index is 1.26. The zero-order chi connectivity index (χ0) is 22.8. The van der Waals surface area contributed by atoms with Crippen molar-refractivity contribution in [3.05, 3.63) is 83.4 Å². The lowest BCUT2D eigenvalue weighted by atomic mass is 10.0. The van der Waals surface area contributed by atoms with Gasteiger partial charge in [0.1, 0.15) is 12.4 Å². The van der Waals surface area contributed by atoms with E-state index in [1.54, 1.807) is 12.1 Å². The first kappa shape index (κ1) is 21.4. The summed E-state index contributed by atoms with van der Waals surface area (Å²) in [6.45, 7) is 5.63. The van der Waals surface area contributed by atoms with Crippen LogP contribution in [0.15, 0.2) is 66.7 Å². The predicted octanol–water partition coefficient (Wildman–Crippen LogP) is 3.78. The van der Waals surface area contributed by atoms with Crippen LogP contribution < -0.4 is 10.1 Å². The molecule has 3 aromatic rings. The van der Waals surface area contributed by atoms with Crippen molar-refractivity contribution in [2.45, 2.75) is 0 Å². The SMILES string of the molecule is CN1CCN(CCOc2ccccc2NC(=O)c2ccc3c(c2)C(=O)c2ccccc2-3)CC1. The van der Waals surface area contributed by atoms with Crippen LogP contribution in [-0.4, -0.2) is 67.9 Å². The number of carbonyl (C=O) groups is 2. The van der Waals surface area contributed by atoms with Gasteiger partial charge in [-0.3, -0.25) is 14.5 Å². The van der Waals surface area contributed by atoms with Gasteiger partial charge in [-0.05, 0) is 42.4 Å². The van der Waals surface area contributed by atoms with Gasteiger partial charge in [-0.15, -0.1) is 0 Å². The number of amides is 1. The smallest absolute Gasteiger partial charge is 0.255 e. The number of piperazine rings is 1. The summed E-state index contributed by atoms with van der Waals surface area (Å²) in [4.78, 5) is 30.5. The quantitative estimate of drug-likeness (QED) is 0.494. The summed E-state index contributed by atoms with van der Waals surface area (Å²) in [7, 11) is 2.14. The van der Waals surface area contributed by atoms with E-state index in [0.29, 0.717) is 34.7 Å². The number of hydrogen-bond donors (Lipinski definition) is 1. The molecule has 1 N–H and O–H groups in total. The first-order valence-electron chi connectivity index (χ1n) is 11.3. The maximum atomic E-state index is 13.0. The first-order chi connectivity index (χ1) is 16.1. The molecule has 168 valence electrons. The van der Waals surface area contributed by atoms with Crippen LogP contribution in [0.2, 0.25) is 0 Å². The van der Waals surface area contributed by atoms with Gasteiger partial charge in [0.15, 0.2) is 5.78 Å². The number of fused-ring (bicyclic) bond motifs is 3. The van der Waals surface area contributed by atoms with Crippen molar-refractivity contribution in [2.24, 2.45) is 0 Å². The van der Waals surface area contributed by atoms with Crippen molar-refractivity contribution in [2.75, 3.05) is 51.7 Å². The standard InChI is InChI=1S/C27H27N3O3/c1-29-12-14-30(15-13-29)16-17-33-25-9-5-4-8-24(25)28-27(32)19-10-11-21-20-6-2-3-7-22(20)26(31)23(21)18-19/h2-11,18H,12-17H2,1H3,(H,28,32). The summed E-state index contributed by atoms with van der Waals surface area (Å²) >= 11 is 0. The molecule has 3 aromatic carbocycles. The van der Waals surface area contributed by atoms with E-state index in [1.807, 2.05) is 54.6 Å². The lowest BCUT2D eigenvalue weighted by Gasteiger charge is -2.32. The lowest BCUT2D eigenvalue weighted by Crippen LogP contribution is -2.45. The molecule has 5 rings (SSSR count). The Morgan fingerprint density at radius 3 is 2.39 bits per heavy atom. The second-order valence-corrected chi connectivity index (χ2v) is 8.58. The van der Waals surface area contributed by atoms with E-state index in [-0.39, 0.29) is 11.7 Å². The van der Waals surface area contributed by atoms with Gasteiger partial charge in [0, 0.05) is 49.4 Å². The van der Waals surface area contributed by atoms with Crippen molar-refractivity contribution in [3.8, 4) is 16.9 Å². The summed E-state index contributed by atoms with van der Waals surface area (Å²) in [6.07, 6.45) is 0. The zero-order valence-electron chi connectivity index (χ0n) is 18.7. The van der Waals surface area contributed by atoms with Gasteiger partial charge in [0.2, 0.25) is 0 Å². The zero-order valence-corrected chi connectivity index (χ0v) is 18.7. The summed E-state index contributed by atoms with van der Waals surface area (Å²) < 4.78 is 6.01. The topological polar surface area (TPSA) is 61.9 Å². The van der Waals surface area contributed by atoms with Crippen LogP contribution in [0, 0.1) is 0 Å². The highest BCUT2D eigenvalue weighted by Gasteiger charge is 2.27. The Labute approximate surface area is 193 Å². The Hall–Kier alpha value is -3.48. The van der Waals surface area contributed by atoms with Crippen LogP contribution in [-0.2, 0) is 0 Å². The lowest BCUT2D eigenvalue weighted by molar-refractivity contribution is 0.102. The Kier molecular flexibility index (Phi) is 5.94. The van der Waals surface area contributed by atoms with E-state index in [0.717, 1.165) is 43.9 Å². The van der Waals surface area contributed by atoms with E-state index in [2.05, 4.69) is 22.2 Å². The molecule has 2 aliphatic rings. The number of rotatable bonds is 6. The molecule has 0 unspecified atom stereocenters. The Morgan fingerprint density at radius 2 is 1.58 bits per heavy atom. The molecule has 1 aliphatic carbocycles. The number of nitrogens with zero attached hydrogens (tertiary/aromatic N) is 2. The van der Waals surface area contributed by atoms with Gasteiger partial charge in [-0.2, -0.15) is 0 Å². The normalized spacial score (nSPS) is 15.7. The fourth-order valence-electron chi connectivity index (χ4n) is 4.42. The van der Waals surface area contributed by atoms with Gasteiger partial charge in [0.05, 0.1) is 5.69 Å². The number of ketones is 1. The number of likely N-dealkylation sites (N-methyl/N-ethyl adjacent to an activating group) is 1. The number of benzene rings is 3. The summed E-state index contributed by atoms with van der Waals surface area (Å²) in [6, 6.07) is 20.3. The number of nitrogens with one attached hydrogen (secondary N) is 1. The molecule has 6 nitrogen and oxygen atoms in total. The second-order valence-electron chi connectivity index (χ2n) is 8.58. The monoisotopic (exact) mass is 441 g/mol. The highest BCUT2D eigenvalue weighted by molar-refractivity contribution is 6.22. The van der Waals surface area contributed by atoms with E-state index >= 15 is 0 Å². The highest BCUT2D eigenvalue weighted by atomic mass is 16.5. The molecular formula is C27H27N3O3. The van der Waals surface area contributed by atoms with Gasteiger partial charge in [-0.25, -0.2) is 0 Å². The van der Waals surface area contributed by atoms with Crippen LogP contribution in [0.5, 0.6) is 5.75 Å². The van der Waals surface area contributed by atoms with Crippen LogP contribution in [0.3, 0.4) is 0 Å². The average Bonchev–Trinajstić information content (AvgIpc) is 3.13. The molecule has 6 heteroatoms. The van der Waals surface area contributed by atoms with Crippen molar-refractivity contribution in [3.63, 3.8) is 0 Å². The molecule has 0 aromatic heterocycles. The maximum Gasteiger partial charge on any atom is 0.255 e. The largest absolute Gasteiger partial charge is 0.490 e. The van der Waals surface area contributed by atoms with Crippen LogP contribution in [0.4, 0.5) is 5.69 Å². The molecule has 0 spiro atoms. The van der Waals surface area contributed by atoms with E-state index in [1.165, 1.54) is 0 Å². The minimum atomic E-state index is -0.267. The second kappa shape index (κ2) is 9.17. The molecule has 0 bridgehead atoms. The van der Waals surface area contributed by atoms with E-state index < -0.39 is 0 Å². The third kappa shape index (κ3) is 4.40. The Morgan fingerprint density at radius 1 is 0.879 bits per heavy atom. The molecule has 1 aliphatic heterocycles. The molecule has 1 saturated heterocycles. The third-order valence-electron chi connectivity index (χ3n) is 6.38. The molecule has 0 saturated carbocycles. The van der Waals surface area contributed by atoms with Gasteiger partial charge in [-0.1, -0.05) is 42.5 Å². The molecule has 0 atom stereocenters. The van der Waals surface area contributed by atoms with Gasteiger partial charge in [0.25, 0.3) is 5.91 Å². The minimum absolute atomic E-state index is 0.0390. The number of carbonyl (C=O) groups excluding carboxylic acids is 2. The van der Waals surface area contributed by atoms with E-state index in [9.17, 15) is 9.59 Å². The predicted molar refractivity (Wildman–Crippen MR) is 129 cm³/mol.